The van der Waals surface area contributed by atoms with Gasteiger partial charge in [0.1, 0.15) is 12.4 Å². The molecule has 0 fully saturated rings. The summed E-state index contributed by atoms with van der Waals surface area (Å²) in [5, 5.41) is 0.618. The van der Waals surface area contributed by atoms with Crippen LogP contribution in [-0.4, -0.2) is 6.54 Å². The van der Waals surface area contributed by atoms with Gasteiger partial charge in [-0.05, 0) is 29.8 Å². The first kappa shape index (κ1) is 13.5. The first-order chi connectivity index (χ1) is 9.29. The zero-order chi connectivity index (χ0) is 13.5. The molecule has 96 valence electrons. The first-order valence-corrected chi connectivity index (χ1v) is 6.32. The van der Waals surface area contributed by atoms with Gasteiger partial charge in [-0.1, -0.05) is 47.7 Å². The van der Waals surface area contributed by atoms with Gasteiger partial charge in [-0.25, -0.2) is 0 Å². The van der Waals surface area contributed by atoms with Gasteiger partial charge in [0.05, 0.1) is 11.6 Å². The molecule has 0 aromatic heterocycles. The predicted molar refractivity (Wildman–Crippen MR) is 78.2 cm³/mol. The summed E-state index contributed by atoms with van der Waals surface area (Å²) in [6, 6.07) is 15.3. The minimum absolute atomic E-state index is 0.372. The van der Waals surface area contributed by atoms with E-state index in [1.807, 2.05) is 48.5 Å². The fourth-order valence-corrected chi connectivity index (χ4v) is 1.75. The van der Waals surface area contributed by atoms with Crippen LogP contribution in [0, 0.1) is 11.8 Å². The van der Waals surface area contributed by atoms with Gasteiger partial charge < -0.3 is 10.5 Å². The lowest BCUT2D eigenvalue weighted by atomic mass is 10.1. The lowest BCUT2D eigenvalue weighted by molar-refractivity contribution is 0.306. The fourth-order valence-electron chi connectivity index (χ4n) is 1.56. The number of nitrogens with two attached hydrogens (primary N) is 1. The maximum Gasteiger partial charge on any atom is 0.138 e. The van der Waals surface area contributed by atoms with Crippen molar-refractivity contribution in [3.8, 4) is 17.6 Å². The summed E-state index contributed by atoms with van der Waals surface area (Å²) in [6.07, 6.45) is 0. The van der Waals surface area contributed by atoms with Crippen molar-refractivity contribution in [3.63, 3.8) is 0 Å². The third-order valence-corrected chi connectivity index (χ3v) is 2.83. The molecular formula is C16H14ClNO. The van der Waals surface area contributed by atoms with Gasteiger partial charge in [-0.3, -0.25) is 0 Å². The number of ether oxygens (including phenoxy) is 1. The summed E-state index contributed by atoms with van der Waals surface area (Å²) in [6.45, 7) is 0.853. The molecule has 0 spiro atoms. The number of hydrogen-bond donors (Lipinski definition) is 1. The van der Waals surface area contributed by atoms with Crippen LogP contribution in [0.3, 0.4) is 0 Å². The van der Waals surface area contributed by atoms with Crippen LogP contribution in [-0.2, 0) is 6.61 Å². The maximum absolute atomic E-state index is 6.02. The highest BCUT2D eigenvalue weighted by molar-refractivity contribution is 6.32. The van der Waals surface area contributed by atoms with E-state index in [1.165, 1.54) is 0 Å². The van der Waals surface area contributed by atoms with E-state index in [-0.39, 0.29) is 0 Å². The average molecular weight is 272 g/mol. The van der Waals surface area contributed by atoms with Crippen LogP contribution in [0.25, 0.3) is 0 Å². The monoisotopic (exact) mass is 271 g/mol. The van der Waals surface area contributed by atoms with E-state index in [9.17, 15) is 0 Å². The van der Waals surface area contributed by atoms with Gasteiger partial charge >= 0.3 is 0 Å². The van der Waals surface area contributed by atoms with Crippen molar-refractivity contribution in [3.05, 3.63) is 64.7 Å². The average Bonchev–Trinajstić information content (AvgIpc) is 2.45. The maximum atomic E-state index is 6.02. The highest BCUT2D eigenvalue weighted by atomic mass is 35.5. The Kier molecular flexibility index (Phi) is 4.85. The Labute approximate surface area is 118 Å². The van der Waals surface area contributed by atoms with E-state index in [0.717, 1.165) is 11.1 Å². The van der Waals surface area contributed by atoms with Crippen molar-refractivity contribution < 1.29 is 4.74 Å². The Balaban J connectivity index is 1.99. The SMILES string of the molecule is NCC#Cc1ccc(COc2ccccc2Cl)cc1. The second-order valence-electron chi connectivity index (χ2n) is 3.92. The molecule has 0 atom stereocenters. The lowest BCUT2D eigenvalue weighted by Gasteiger charge is -2.07. The number of para-hydroxylation sites is 1. The van der Waals surface area contributed by atoms with Crippen molar-refractivity contribution in [1.29, 1.82) is 0 Å². The molecule has 3 heteroatoms. The zero-order valence-electron chi connectivity index (χ0n) is 10.4. The number of rotatable bonds is 3. The molecule has 0 bridgehead atoms. The molecule has 2 aromatic carbocycles. The van der Waals surface area contributed by atoms with Crippen LogP contribution in [0.2, 0.25) is 5.02 Å². The summed E-state index contributed by atoms with van der Waals surface area (Å²) in [5.74, 6) is 6.49. The number of halogens is 1. The van der Waals surface area contributed by atoms with Crippen molar-refractivity contribution in [1.82, 2.24) is 0 Å². The Morgan fingerprint density at radius 2 is 1.79 bits per heavy atom. The van der Waals surface area contributed by atoms with E-state index in [1.54, 1.807) is 0 Å². The molecule has 2 rings (SSSR count). The van der Waals surface area contributed by atoms with Gasteiger partial charge in [-0.15, -0.1) is 0 Å². The summed E-state index contributed by atoms with van der Waals surface area (Å²) in [5.41, 5.74) is 7.35. The molecule has 0 aliphatic heterocycles. The van der Waals surface area contributed by atoms with Gasteiger partial charge in [-0.2, -0.15) is 0 Å². The summed E-state index contributed by atoms with van der Waals surface area (Å²) < 4.78 is 5.66. The molecule has 2 N–H and O–H groups in total. The Morgan fingerprint density at radius 3 is 2.47 bits per heavy atom. The summed E-state index contributed by atoms with van der Waals surface area (Å²) in [4.78, 5) is 0. The molecule has 0 saturated heterocycles. The van der Waals surface area contributed by atoms with Crippen LogP contribution < -0.4 is 10.5 Å². The topological polar surface area (TPSA) is 35.2 Å². The third kappa shape index (κ3) is 4.03. The van der Waals surface area contributed by atoms with Gasteiger partial charge in [0.25, 0.3) is 0 Å². The largest absolute Gasteiger partial charge is 0.487 e. The minimum Gasteiger partial charge on any atom is -0.487 e. The molecule has 19 heavy (non-hydrogen) atoms. The Bertz CT molecular complexity index is 596. The Morgan fingerprint density at radius 1 is 1.05 bits per heavy atom. The normalized spacial score (nSPS) is 9.58. The van der Waals surface area contributed by atoms with Crippen LogP contribution >= 0.6 is 11.6 Å². The number of benzene rings is 2. The predicted octanol–water partition coefficient (Wildman–Crippen LogP) is 3.23. The van der Waals surface area contributed by atoms with Crippen molar-refractivity contribution in [2.45, 2.75) is 6.61 Å². The van der Waals surface area contributed by atoms with E-state index >= 15 is 0 Å². The standard InChI is InChI=1S/C16H14ClNO/c17-15-5-1-2-6-16(15)19-12-14-9-7-13(8-10-14)4-3-11-18/h1-2,5-10H,11-12,18H2. The Hall–Kier alpha value is -1.95. The van der Waals surface area contributed by atoms with Crippen LogP contribution in [0.4, 0.5) is 0 Å². The second-order valence-corrected chi connectivity index (χ2v) is 4.33. The minimum atomic E-state index is 0.372. The van der Waals surface area contributed by atoms with Crippen molar-refractivity contribution >= 4 is 11.6 Å². The molecule has 0 saturated carbocycles. The van der Waals surface area contributed by atoms with Crippen LogP contribution in [0.1, 0.15) is 11.1 Å². The third-order valence-electron chi connectivity index (χ3n) is 2.52. The van der Waals surface area contributed by atoms with E-state index in [0.29, 0.717) is 23.9 Å². The first-order valence-electron chi connectivity index (χ1n) is 5.95. The van der Waals surface area contributed by atoms with Crippen molar-refractivity contribution in [2.75, 3.05) is 6.54 Å². The number of hydrogen-bond acceptors (Lipinski definition) is 2. The summed E-state index contributed by atoms with van der Waals surface area (Å²) in [7, 11) is 0. The van der Waals surface area contributed by atoms with E-state index < -0.39 is 0 Å². The fraction of sp³-hybridized carbons (Fsp3) is 0.125. The molecule has 0 heterocycles. The van der Waals surface area contributed by atoms with Crippen LogP contribution in [0.5, 0.6) is 5.75 Å². The lowest BCUT2D eigenvalue weighted by Crippen LogP contribution is -1.96. The molecule has 0 unspecified atom stereocenters. The second kappa shape index (κ2) is 6.84. The molecule has 0 amide bonds. The van der Waals surface area contributed by atoms with Crippen molar-refractivity contribution in [2.24, 2.45) is 5.73 Å². The molecule has 0 radical (unpaired) electrons. The molecule has 0 aliphatic rings. The van der Waals surface area contributed by atoms with E-state index in [2.05, 4.69) is 11.8 Å². The van der Waals surface area contributed by atoms with Gasteiger partial charge in [0, 0.05) is 5.56 Å². The quantitative estimate of drug-likeness (QED) is 0.870. The van der Waals surface area contributed by atoms with E-state index in [4.69, 9.17) is 22.1 Å². The molecule has 0 aliphatic carbocycles. The highest BCUT2D eigenvalue weighted by Crippen LogP contribution is 2.24. The highest BCUT2D eigenvalue weighted by Gasteiger charge is 2.00. The van der Waals surface area contributed by atoms with Gasteiger partial charge in [0.2, 0.25) is 0 Å². The van der Waals surface area contributed by atoms with Gasteiger partial charge in [0.15, 0.2) is 0 Å². The smallest absolute Gasteiger partial charge is 0.138 e. The zero-order valence-corrected chi connectivity index (χ0v) is 11.2. The molecular weight excluding hydrogens is 258 g/mol. The summed E-state index contributed by atoms with van der Waals surface area (Å²) >= 11 is 6.02. The molecule has 2 nitrogen and oxygen atoms in total. The molecule has 2 aromatic rings. The van der Waals surface area contributed by atoms with Crippen LogP contribution in [0.15, 0.2) is 48.5 Å².